The molecule has 1 nitrogen and oxygen atoms in total. The average Bonchev–Trinajstić information content (AvgIpc) is 2.23. The fraction of sp³-hybridized carbons (Fsp3) is 0.667. The molecule has 102 valence electrons. The molecule has 1 aromatic heterocycles. The normalized spacial score (nSPS) is 13.1. The minimum absolute atomic E-state index is 0.142. The summed E-state index contributed by atoms with van der Waals surface area (Å²) in [6.45, 7) is 14.1. The minimum atomic E-state index is -0.142. The number of nitrogens with zero attached hydrogens (tertiary/aromatic N) is 1. The van der Waals surface area contributed by atoms with Gasteiger partial charge in [0.15, 0.2) is 0 Å². The first kappa shape index (κ1) is 15.9. The van der Waals surface area contributed by atoms with Crippen LogP contribution < -0.4 is 0 Å². The number of alkyl halides is 1. The van der Waals surface area contributed by atoms with Crippen molar-refractivity contribution in [2.75, 3.05) is 0 Å². The first-order valence-electron chi connectivity index (χ1n) is 6.43. The van der Waals surface area contributed by atoms with Crippen molar-refractivity contribution in [3.05, 3.63) is 29.6 Å². The lowest BCUT2D eigenvalue weighted by molar-refractivity contribution is 0.701. The van der Waals surface area contributed by atoms with Gasteiger partial charge in [0.1, 0.15) is 0 Å². The van der Waals surface area contributed by atoms with E-state index in [2.05, 4.69) is 58.7 Å². The predicted molar refractivity (Wildman–Crippen MR) is 83.9 cm³/mol. The lowest BCUT2D eigenvalue weighted by Gasteiger charge is -2.41. The van der Waals surface area contributed by atoms with Crippen molar-refractivity contribution in [3.63, 3.8) is 0 Å². The second-order valence-corrected chi connectivity index (χ2v) is 10.8. The van der Waals surface area contributed by atoms with E-state index in [0.29, 0.717) is 16.2 Å². The smallest absolute Gasteiger partial charge is 0.0647 e. The third-order valence-corrected chi connectivity index (χ3v) is 7.09. The van der Waals surface area contributed by atoms with Gasteiger partial charge in [-0.1, -0.05) is 55.5 Å². The maximum Gasteiger partial charge on any atom is 0.0647 e. The molecular weight excluding hydrogens is 261 g/mol. The molecule has 0 spiro atoms. The lowest BCUT2D eigenvalue weighted by atomic mass is 10.2. The topological polar surface area (TPSA) is 12.9 Å². The average molecular weight is 286 g/mol. The summed E-state index contributed by atoms with van der Waals surface area (Å²) >= 11 is 5.86. The zero-order valence-corrected chi connectivity index (χ0v) is 14.1. The maximum atomic E-state index is 5.86. The molecule has 1 rings (SSSR count). The van der Waals surface area contributed by atoms with Gasteiger partial charge < -0.3 is 0 Å². The van der Waals surface area contributed by atoms with Crippen LogP contribution in [0.2, 0.25) is 0 Å². The molecular formula is C15H25ClNP. The zero-order chi connectivity index (χ0) is 14.0. The molecule has 0 aliphatic rings. The zero-order valence-electron chi connectivity index (χ0n) is 12.4. The number of hydrogen-bond acceptors (Lipinski definition) is 1. The molecule has 0 radical (unpaired) electrons. The lowest BCUT2D eigenvalue weighted by Crippen LogP contribution is -2.26. The Morgan fingerprint density at radius 1 is 1.00 bits per heavy atom. The predicted octanol–water partition coefficient (Wildman–Crippen LogP) is 5.40. The van der Waals surface area contributed by atoms with Crippen molar-refractivity contribution < 1.29 is 0 Å². The van der Waals surface area contributed by atoms with E-state index >= 15 is 0 Å². The van der Waals surface area contributed by atoms with Gasteiger partial charge in [0.2, 0.25) is 0 Å². The molecule has 0 bridgehead atoms. The Morgan fingerprint density at radius 2 is 1.50 bits per heavy atom. The number of rotatable bonds is 3. The highest BCUT2D eigenvalue weighted by atomic mass is 35.5. The van der Waals surface area contributed by atoms with E-state index in [1.807, 2.05) is 6.07 Å². The SMILES string of the molecule is CC(C)(C)P(Cc1cccc(CCl)n1)C(C)(C)C. The van der Waals surface area contributed by atoms with Crippen molar-refractivity contribution in [3.8, 4) is 0 Å². The fourth-order valence-corrected chi connectivity index (χ4v) is 5.94. The summed E-state index contributed by atoms with van der Waals surface area (Å²) in [5, 5.41) is 0.679. The van der Waals surface area contributed by atoms with Gasteiger partial charge in [0, 0.05) is 11.9 Å². The number of hydrogen-bond donors (Lipinski definition) is 0. The van der Waals surface area contributed by atoms with Crippen LogP contribution in [0.1, 0.15) is 52.9 Å². The first-order valence-corrected chi connectivity index (χ1v) is 8.49. The van der Waals surface area contributed by atoms with Crippen LogP contribution in [0.5, 0.6) is 0 Å². The van der Waals surface area contributed by atoms with Crippen LogP contribution >= 0.6 is 19.5 Å². The summed E-state index contributed by atoms with van der Waals surface area (Å²) in [4.78, 5) is 4.64. The van der Waals surface area contributed by atoms with Gasteiger partial charge in [-0.2, -0.15) is 0 Å². The minimum Gasteiger partial charge on any atom is -0.256 e. The van der Waals surface area contributed by atoms with Crippen LogP contribution in [0.15, 0.2) is 18.2 Å². The standard InChI is InChI=1S/C15H25ClNP/c1-14(2,3)18(15(4,5)6)11-13-9-7-8-12(10-16)17-13/h7-9H,10-11H2,1-6H3. The molecule has 0 N–H and O–H groups in total. The van der Waals surface area contributed by atoms with E-state index in [1.54, 1.807) is 0 Å². The highest BCUT2D eigenvalue weighted by Crippen LogP contribution is 2.60. The van der Waals surface area contributed by atoms with E-state index in [4.69, 9.17) is 11.6 Å². The molecule has 0 atom stereocenters. The molecule has 0 unspecified atom stereocenters. The second-order valence-electron chi connectivity index (χ2n) is 6.68. The fourth-order valence-electron chi connectivity index (χ4n) is 2.33. The summed E-state index contributed by atoms with van der Waals surface area (Å²) < 4.78 is 0. The van der Waals surface area contributed by atoms with Gasteiger partial charge in [-0.3, -0.25) is 4.98 Å². The molecule has 0 aliphatic heterocycles. The van der Waals surface area contributed by atoms with Crippen LogP contribution in [0.3, 0.4) is 0 Å². The van der Waals surface area contributed by atoms with Crippen molar-refractivity contribution >= 4 is 19.5 Å². The third kappa shape index (κ3) is 4.52. The van der Waals surface area contributed by atoms with Crippen molar-refractivity contribution in [2.24, 2.45) is 0 Å². The molecule has 0 saturated carbocycles. The van der Waals surface area contributed by atoms with Crippen LogP contribution in [-0.4, -0.2) is 15.3 Å². The Morgan fingerprint density at radius 3 is 1.94 bits per heavy atom. The van der Waals surface area contributed by atoms with Crippen molar-refractivity contribution in [1.29, 1.82) is 0 Å². The van der Waals surface area contributed by atoms with Gasteiger partial charge in [-0.25, -0.2) is 0 Å². The summed E-state index contributed by atoms with van der Waals surface area (Å²) in [5.41, 5.74) is 2.16. The second kappa shape index (κ2) is 5.88. The van der Waals surface area contributed by atoms with Gasteiger partial charge >= 0.3 is 0 Å². The Kier molecular flexibility index (Phi) is 5.21. The van der Waals surface area contributed by atoms with E-state index in [0.717, 1.165) is 11.9 Å². The molecule has 1 aromatic rings. The number of aromatic nitrogens is 1. The highest BCUT2D eigenvalue weighted by Gasteiger charge is 2.34. The molecule has 3 heteroatoms. The first-order chi connectivity index (χ1) is 8.14. The van der Waals surface area contributed by atoms with Crippen LogP contribution in [0.4, 0.5) is 0 Å². The molecule has 0 aromatic carbocycles. The summed E-state index contributed by atoms with van der Waals surface area (Å²) in [6.07, 6.45) is 1.08. The van der Waals surface area contributed by atoms with Gasteiger partial charge in [-0.15, -0.1) is 11.6 Å². The Labute approximate surface area is 118 Å². The van der Waals surface area contributed by atoms with E-state index in [1.165, 1.54) is 5.69 Å². The summed E-state index contributed by atoms with van der Waals surface area (Å²) in [6, 6.07) is 6.19. The molecule has 0 saturated heterocycles. The largest absolute Gasteiger partial charge is 0.256 e. The molecule has 1 heterocycles. The maximum absolute atomic E-state index is 5.86. The van der Waals surface area contributed by atoms with Crippen LogP contribution in [0, 0.1) is 0 Å². The van der Waals surface area contributed by atoms with Crippen molar-refractivity contribution in [2.45, 2.75) is 63.9 Å². The third-order valence-electron chi connectivity index (χ3n) is 2.94. The Bertz CT molecular complexity index is 376. The molecule has 0 aliphatic carbocycles. The van der Waals surface area contributed by atoms with E-state index in [9.17, 15) is 0 Å². The highest BCUT2D eigenvalue weighted by molar-refractivity contribution is 7.60. The monoisotopic (exact) mass is 285 g/mol. The van der Waals surface area contributed by atoms with Crippen LogP contribution in [-0.2, 0) is 12.0 Å². The summed E-state index contributed by atoms with van der Waals surface area (Å²) in [5.74, 6) is 0.497. The number of pyridine rings is 1. The quantitative estimate of drug-likeness (QED) is 0.535. The van der Waals surface area contributed by atoms with Crippen molar-refractivity contribution in [1.82, 2.24) is 4.98 Å². The van der Waals surface area contributed by atoms with E-state index in [-0.39, 0.29) is 7.92 Å². The van der Waals surface area contributed by atoms with Gasteiger partial charge in [0.25, 0.3) is 0 Å². The molecule has 0 fully saturated rings. The van der Waals surface area contributed by atoms with Crippen LogP contribution in [0.25, 0.3) is 0 Å². The molecule has 0 amide bonds. The Balaban J connectivity index is 2.97. The van der Waals surface area contributed by atoms with E-state index < -0.39 is 0 Å². The number of halogens is 1. The van der Waals surface area contributed by atoms with Gasteiger partial charge in [-0.05, 0) is 22.4 Å². The van der Waals surface area contributed by atoms with Gasteiger partial charge in [0.05, 0.1) is 11.6 Å². The Hall–Kier alpha value is -0.130. The summed E-state index contributed by atoms with van der Waals surface area (Å²) in [7, 11) is -0.142. The molecule has 18 heavy (non-hydrogen) atoms.